The second kappa shape index (κ2) is 7.78. The van der Waals surface area contributed by atoms with Crippen molar-refractivity contribution in [2.24, 2.45) is 23.2 Å². The third-order valence-corrected chi connectivity index (χ3v) is 8.05. The summed E-state index contributed by atoms with van der Waals surface area (Å²) in [5.41, 5.74) is 0.487. The summed E-state index contributed by atoms with van der Waals surface area (Å²) in [5.74, 6) is 2.03. The molecule has 4 fully saturated rings. The summed E-state index contributed by atoms with van der Waals surface area (Å²) in [5, 5.41) is 7.87. The highest BCUT2D eigenvalue weighted by Gasteiger charge is 2.54. The van der Waals surface area contributed by atoms with Crippen molar-refractivity contribution in [1.29, 1.82) is 0 Å². The van der Waals surface area contributed by atoms with E-state index < -0.39 is 0 Å². The first-order valence-corrected chi connectivity index (χ1v) is 11.9. The van der Waals surface area contributed by atoms with E-state index >= 15 is 0 Å². The topological polar surface area (TPSA) is 81.8 Å². The quantitative estimate of drug-likeness (QED) is 0.627. The number of nitrogens with zero attached hydrogens (tertiary/aromatic N) is 4. The van der Waals surface area contributed by atoms with Gasteiger partial charge in [-0.1, -0.05) is 18.2 Å². The average molecular weight is 450 g/mol. The largest absolute Gasteiger partial charge is 0.354 e. The van der Waals surface area contributed by atoms with Gasteiger partial charge in [0, 0.05) is 17.5 Å². The third kappa shape index (κ3) is 3.56. The SMILES string of the molecule is O=C(NCCn1ncc2c(=O)n(Cc3ccccc3F)cnc21)C12CC3CC(CC(C3)C1)C2. The maximum Gasteiger partial charge on any atom is 0.264 e. The first kappa shape index (κ1) is 20.6. The molecule has 2 heterocycles. The third-order valence-electron chi connectivity index (χ3n) is 8.05. The monoisotopic (exact) mass is 449 g/mol. The van der Waals surface area contributed by atoms with E-state index in [2.05, 4.69) is 15.4 Å². The van der Waals surface area contributed by atoms with Crippen LogP contribution in [0.3, 0.4) is 0 Å². The Morgan fingerprint density at radius 1 is 1.12 bits per heavy atom. The van der Waals surface area contributed by atoms with Crippen molar-refractivity contribution >= 4 is 16.9 Å². The Kier molecular flexibility index (Phi) is 4.85. The van der Waals surface area contributed by atoms with Gasteiger partial charge in [0.2, 0.25) is 5.91 Å². The minimum atomic E-state index is -0.352. The Balaban J connectivity index is 1.14. The molecule has 7 rings (SSSR count). The van der Waals surface area contributed by atoms with Crippen LogP contribution in [-0.2, 0) is 17.9 Å². The Bertz CT molecular complexity index is 1240. The fourth-order valence-electron chi connectivity index (χ4n) is 6.94. The summed E-state index contributed by atoms with van der Waals surface area (Å²) < 4.78 is 17.0. The van der Waals surface area contributed by atoms with Crippen LogP contribution in [-0.4, -0.2) is 31.8 Å². The molecule has 0 atom stereocenters. The number of fused-ring (bicyclic) bond motifs is 1. The van der Waals surface area contributed by atoms with Gasteiger partial charge in [-0.2, -0.15) is 5.10 Å². The summed E-state index contributed by atoms with van der Waals surface area (Å²) in [4.78, 5) is 30.4. The van der Waals surface area contributed by atoms with Crippen LogP contribution in [0, 0.1) is 29.0 Å². The molecule has 3 aromatic rings. The van der Waals surface area contributed by atoms with Gasteiger partial charge in [-0.3, -0.25) is 14.2 Å². The lowest BCUT2D eigenvalue weighted by atomic mass is 9.49. The fourth-order valence-corrected chi connectivity index (χ4v) is 6.94. The van der Waals surface area contributed by atoms with Crippen molar-refractivity contribution in [1.82, 2.24) is 24.6 Å². The Morgan fingerprint density at radius 2 is 1.82 bits per heavy atom. The van der Waals surface area contributed by atoms with E-state index in [9.17, 15) is 14.0 Å². The maximum atomic E-state index is 14.0. The Hall–Kier alpha value is -3.03. The van der Waals surface area contributed by atoms with E-state index in [0.29, 0.717) is 29.7 Å². The number of benzene rings is 1. The first-order valence-electron chi connectivity index (χ1n) is 11.9. The zero-order chi connectivity index (χ0) is 22.6. The van der Waals surface area contributed by atoms with E-state index in [4.69, 9.17) is 0 Å². The van der Waals surface area contributed by atoms with E-state index in [-0.39, 0.29) is 29.2 Å². The molecule has 8 heteroatoms. The number of nitrogens with one attached hydrogen (secondary N) is 1. The smallest absolute Gasteiger partial charge is 0.264 e. The molecule has 0 spiro atoms. The van der Waals surface area contributed by atoms with E-state index in [1.807, 2.05) is 0 Å². The maximum absolute atomic E-state index is 14.0. The van der Waals surface area contributed by atoms with Crippen molar-refractivity contribution in [2.45, 2.75) is 51.6 Å². The minimum absolute atomic E-state index is 0.112. The second-order valence-electron chi connectivity index (χ2n) is 10.3. The number of amides is 1. The summed E-state index contributed by atoms with van der Waals surface area (Å²) in [7, 11) is 0. The molecule has 4 aliphatic carbocycles. The van der Waals surface area contributed by atoms with Crippen molar-refractivity contribution < 1.29 is 9.18 Å². The predicted molar refractivity (Wildman–Crippen MR) is 121 cm³/mol. The van der Waals surface area contributed by atoms with Crippen LogP contribution in [0.25, 0.3) is 11.0 Å². The summed E-state index contributed by atoms with van der Waals surface area (Å²) >= 11 is 0. The van der Waals surface area contributed by atoms with Crippen LogP contribution in [0.1, 0.15) is 44.1 Å². The number of aromatic nitrogens is 4. The van der Waals surface area contributed by atoms with Gasteiger partial charge in [0.15, 0.2) is 5.65 Å². The highest BCUT2D eigenvalue weighted by Crippen LogP contribution is 2.60. The average Bonchev–Trinajstić information content (AvgIpc) is 3.20. The molecule has 0 aliphatic heterocycles. The van der Waals surface area contributed by atoms with Gasteiger partial charge >= 0.3 is 0 Å². The lowest BCUT2D eigenvalue weighted by molar-refractivity contribution is -0.146. The van der Waals surface area contributed by atoms with Gasteiger partial charge in [0.1, 0.15) is 17.5 Å². The molecular formula is C25H28FN5O2. The Labute approximate surface area is 191 Å². The van der Waals surface area contributed by atoms with Crippen molar-refractivity contribution in [3.8, 4) is 0 Å². The lowest BCUT2D eigenvalue weighted by Crippen LogP contribution is -2.53. The van der Waals surface area contributed by atoms with Gasteiger partial charge in [0.05, 0.1) is 19.3 Å². The number of carbonyl (C=O) groups is 1. The number of carbonyl (C=O) groups excluding carboxylic acids is 1. The zero-order valence-corrected chi connectivity index (χ0v) is 18.5. The molecule has 1 N–H and O–H groups in total. The summed E-state index contributed by atoms with van der Waals surface area (Å²) in [6.45, 7) is 1.02. The molecule has 172 valence electrons. The molecule has 7 nitrogen and oxygen atoms in total. The molecule has 0 radical (unpaired) electrons. The highest BCUT2D eigenvalue weighted by molar-refractivity contribution is 5.83. The fraction of sp³-hybridized carbons (Fsp3) is 0.520. The van der Waals surface area contributed by atoms with Gasteiger partial charge in [-0.25, -0.2) is 14.1 Å². The van der Waals surface area contributed by atoms with E-state index in [0.717, 1.165) is 37.0 Å². The van der Waals surface area contributed by atoms with Crippen molar-refractivity contribution in [2.75, 3.05) is 6.54 Å². The number of halogens is 1. The Morgan fingerprint density at radius 3 is 2.52 bits per heavy atom. The highest BCUT2D eigenvalue weighted by atomic mass is 19.1. The van der Waals surface area contributed by atoms with Crippen LogP contribution < -0.4 is 10.9 Å². The summed E-state index contributed by atoms with van der Waals surface area (Å²) in [6, 6.07) is 6.39. The van der Waals surface area contributed by atoms with Crippen molar-refractivity contribution in [3.05, 3.63) is 58.5 Å². The molecule has 4 saturated carbocycles. The second-order valence-corrected chi connectivity index (χ2v) is 10.3. The predicted octanol–water partition coefficient (Wildman–Crippen LogP) is 3.11. The molecule has 1 amide bonds. The summed E-state index contributed by atoms with van der Waals surface area (Å²) in [6.07, 6.45) is 9.99. The van der Waals surface area contributed by atoms with Crippen LogP contribution in [0.15, 0.2) is 41.6 Å². The van der Waals surface area contributed by atoms with Crippen LogP contribution in [0.5, 0.6) is 0 Å². The van der Waals surface area contributed by atoms with Crippen LogP contribution >= 0.6 is 0 Å². The molecule has 2 aromatic heterocycles. The van der Waals surface area contributed by atoms with Crippen LogP contribution in [0.4, 0.5) is 4.39 Å². The standard InChI is InChI=1S/C25H28FN5O2/c26-21-4-2-1-3-19(21)14-30-15-28-22-20(23(30)32)13-29-31(22)6-5-27-24(33)25-10-16-7-17(11-25)9-18(8-16)12-25/h1-4,13,15-18H,5-12,14H2,(H,27,33). The minimum Gasteiger partial charge on any atom is -0.354 e. The zero-order valence-electron chi connectivity index (χ0n) is 18.5. The molecule has 4 aliphatic rings. The molecule has 4 bridgehead atoms. The molecule has 0 saturated heterocycles. The van der Waals surface area contributed by atoms with E-state index in [1.165, 1.54) is 42.4 Å². The van der Waals surface area contributed by atoms with Gasteiger partial charge in [0.25, 0.3) is 5.56 Å². The van der Waals surface area contributed by atoms with Gasteiger partial charge < -0.3 is 5.32 Å². The number of hydrogen-bond acceptors (Lipinski definition) is 4. The first-order chi connectivity index (χ1) is 16.0. The normalized spacial score (nSPS) is 27.8. The van der Waals surface area contributed by atoms with Gasteiger partial charge in [-0.15, -0.1) is 0 Å². The van der Waals surface area contributed by atoms with Crippen molar-refractivity contribution in [3.63, 3.8) is 0 Å². The molecular weight excluding hydrogens is 421 g/mol. The lowest BCUT2D eigenvalue weighted by Gasteiger charge is -2.55. The number of hydrogen-bond donors (Lipinski definition) is 1. The molecule has 1 aromatic carbocycles. The molecule has 0 unspecified atom stereocenters. The van der Waals surface area contributed by atoms with Crippen LogP contribution in [0.2, 0.25) is 0 Å². The van der Waals surface area contributed by atoms with E-state index in [1.54, 1.807) is 22.9 Å². The van der Waals surface area contributed by atoms with Gasteiger partial charge in [-0.05, 0) is 62.3 Å². The number of rotatable bonds is 6. The molecule has 33 heavy (non-hydrogen) atoms.